The van der Waals surface area contributed by atoms with Crippen LogP contribution in [0.25, 0.3) is 0 Å². The minimum Gasteiger partial charge on any atom is -0.395 e. The Balaban J connectivity index is 2.95. The maximum atomic E-state index is 12.8. The van der Waals surface area contributed by atoms with Gasteiger partial charge in [-0.05, 0) is 18.2 Å². The minimum atomic E-state index is -0.366. The third-order valence-electron chi connectivity index (χ3n) is 2.06. The molecule has 0 heterocycles. The van der Waals surface area contributed by atoms with Crippen molar-refractivity contribution in [1.29, 1.82) is 0 Å². The zero-order valence-corrected chi connectivity index (χ0v) is 8.07. The average molecular weight is 199 g/mol. The number of halogens is 1. The Morgan fingerprint density at radius 2 is 2.07 bits per heavy atom. The van der Waals surface area contributed by atoms with E-state index in [0.717, 1.165) is 5.69 Å². The Kier molecular flexibility index (Phi) is 3.85. The van der Waals surface area contributed by atoms with E-state index in [4.69, 9.17) is 10.2 Å². The second kappa shape index (κ2) is 4.93. The molecule has 0 unspecified atom stereocenters. The molecule has 1 aromatic carbocycles. The highest BCUT2D eigenvalue weighted by molar-refractivity contribution is 5.52. The topological polar surface area (TPSA) is 43.7 Å². The molecule has 3 nitrogen and oxygen atoms in total. The highest BCUT2D eigenvalue weighted by Crippen LogP contribution is 2.20. The van der Waals surface area contributed by atoms with Crippen LogP contribution in [0.5, 0.6) is 0 Å². The van der Waals surface area contributed by atoms with Gasteiger partial charge in [-0.2, -0.15) is 0 Å². The third-order valence-corrected chi connectivity index (χ3v) is 2.06. The third kappa shape index (κ3) is 2.43. The molecule has 0 aliphatic carbocycles. The molecule has 0 aliphatic heterocycles. The van der Waals surface area contributed by atoms with Gasteiger partial charge in [-0.25, -0.2) is 4.39 Å². The van der Waals surface area contributed by atoms with E-state index in [-0.39, 0.29) is 19.0 Å². The molecular formula is C10H14FNO2. The first kappa shape index (κ1) is 10.9. The van der Waals surface area contributed by atoms with Gasteiger partial charge in [0.15, 0.2) is 0 Å². The van der Waals surface area contributed by atoms with Crippen LogP contribution in [0.15, 0.2) is 18.2 Å². The van der Waals surface area contributed by atoms with E-state index in [1.807, 2.05) is 0 Å². The summed E-state index contributed by atoms with van der Waals surface area (Å²) in [4.78, 5) is 1.77. The normalized spacial score (nSPS) is 10.3. The summed E-state index contributed by atoms with van der Waals surface area (Å²) in [5.74, 6) is -0.366. The molecule has 78 valence electrons. The first-order valence-corrected chi connectivity index (χ1v) is 4.40. The maximum absolute atomic E-state index is 12.8. The Hall–Kier alpha value is -1.13. The summed E-state index contributed by atoms with van der Waals surface area (Å²) >= 11 is 0. The number of benzene rings is 1. The fraction of sp³-hybridized carbons (Fsp3) is 0.400. The molecule has 0 spiro atoms. The Morgan fingerprint density at radius 3 is 2.64 bits per heavy atom. The van der Waals surface area contributed by atoms with Crippen LogP contribution in [0, 0.1) is 5.82 Å². The van der Waals surface area contributed by atoms with Gasteiger partial charge in [-0.3, -0.25) is 0 Å². The first-order chi connectivity index (χ1) is 6.69. The number of aliphatic hydroxyl groups excluding tert-OH is 2. The largest absolute Gasteiger partial charge is 0.395 e. The molecule has 0 bridgehead atoms. The summed E-state index contributed by atoms with van der Waals surface area (Å²) in [5.41, 5.74) is 1.27. The van der Waals surface area contributed by atoms with Crippen LogP contribution in [0.1, 0.15) is 5.56 Å². The van der Waals surface area contributed by atoms with Crippen LogP contribution in [0.3, 0.4) is 0 Å². The number of rotatable bonds is 4. The van der Waals surface area contributed by atoms with E-state index in [9.17, 15) is 4.39 Å². The van der Waals surface area contributed by atoms with Gasteiger partial charge in [0.05, 0.1) is 13.2 Å². The standard InChI is InChI=1S/C10H14FNO2/c1-12(4-5-13)10-3-2-9(11)6-8(10)7-14/h2-3,6,13-14H,4-5,7H2,1H3. The minimum absolute atomic E-state index is 0.0265. The molecule has 1 aromatic rings. The molecular weight excluding hydrogens is 185 g/mol. The number of nitrogens with zero attached hydrogens (tertiary/aromatic N) is 1. The predicted molar refractivity (Wildman–Crippen MR) is 52.7 cm³/mol. The molecule has 0 aromatic heterocycles. The number of hydrogen-bond donors (Lipinski definition) is 2. The van der Waals surface area contributed by atoms with E-state index in [1.54, 1.807) is 18.0 Å². The van der Waals surface area contributed by atoms with Crippen molar-refractivity contribution >= 4 is 5.69 Å². The Labute approximate surface area is 82.4 Å². The van der Waals surface area contributed by atoms with E-state index in [0.29, 0.717) is 12.1 Å². The van der Waals surface area contributed by atoms with Gasteiger partial charge >= 0.3 is 0 Å². The lowest BCUT2D eigenvalue weighted by Crippen LogP contribution is -2.22. The van der Waals surface area contributed by atoms with Crippen molar-refractivity contribution in [1.82, 2.24) is 0 Å². The van der Waals surface area contributed by atoms with Crippen molar-refractivity contribution in [3.63, 3.8) is 0 Å². The maximum Gasteiger partial charge on any atom is 0.123 e. The molecule has 1 rings (SSSR count). The van der Waals surface area contributed by atoms with Crippen LogP contribution < -0.4 is 4.90 Å². The number of hydrogen-bond acceptors (Lipinski definition) is 3. The molecule has 0 saturated carbocycles. The molecule has 0 atom stereocenters. The second-order valence-electron chi connectivity index (χ2n) is 3.08. The van der Waals surface area contributed by atoms with E-state index in [1.165, 1.54) is 12.1 Å². The summed E-state index contributed by atoms with van der Waals surface area (Å²) in [6.45, 7) is 0.278. The van der Waals surface area contributed by atoms with Crippen molar-refractivity contribution in [2.24, 2.45) is 0 Å². The van der Waals surface area contributed by atoms with Gasteiger partial charge in [-0.1, -0.05) is 0 Å². The SMILES string of the molecule is CN(CCO)c1ccc(F)cc1CO. The molecule has 2 N–H and O–H groups in total. The van der Waals surface area contributed by atoms with Gasteiger partial charge in [0.2, 0.25) is 0 Å². The quantitative estimate of drug-likeness (QED) is 0.752. The van der Waals surface area contributed by atoms with Crippen LogP contribution in [0.2, 0.25) is 0 Å². The van der Waals surface area contributed by atoms with Gasteiger partial charge in [0, 0.05) is 24.8 Å². The molecule has 0 saturated heterocycles. The summed E-state index contributed by atoms with van der Waals surface area (Å²) in [5, 5.41) is 17.7. The van der Waals surface area contributed by atoms with Gasteiger partial charge in [0.25, 0.3) is 0 Å². The number of aliphatic hydroxyl groups is 2. The van der Waals surface area contributed by atoms with E-state index in [2.05, 4.69) is 0 Å². The molecule has 0 fully saturated rings. The highest BCUT2D eigenvalue weighted by Gasteiger charge is 2.07. The second-order valence-corrected chi connectivity index (χ2v) is 3.08. The van der Waals surface area contributed by atoms with Gasteiger partial charge < -0.3 is 15.1 Å². The smallest absolute Gasteiger partial charge is 0.123 e. The Bertz CT molecular complexity index is 304. The van der Waals surface area contributed by atoms with Crippen molar-refractivity contribution in [2.45, 2.75) is 6.61 Å². The van der Waals surface area contributed by atoms with Crippen LogP contribution >= 0.6 is 0 Å². The average Bonchev–Trinajstić information content (AvgIpc) is 2.17. The van der Waals surface area contributed by atoms with Crippen LogP contribution in [-0.4, -0.2) is 30.4 Å². The zero-order valence-electron chi connectivity index (χ0n) is 8.07. The monoisotopic (exact) mass is 199 g/mol. The van der Waals surface area contributed by atoms with Crippen molar-refractivity contribution in [2.75, 3.05) is 25.1 Å². The molecule has 0 amide bonds. The molecule has 0 aliphatic rings. The highest BCUT2D eigenvalue weighted by atomic mass is 19.1. The number of anilines is 1. The lowest BCUT2D eigenvalue weighted by molar-refractivity contribution is 0.280. The van der Waals surface area contributed by atoms with Crippen molar-refractivity contribution in [3.8, 4) is 0 Å². The lowest BCUT2D eigenvalue weighted by atomic mass is 10.1. The van der Waals surface area contributed by atoms with Crippen LogP contribution in [-0.2, 0) is 6.61 Å². The summed E-state index contributed by atoms with van der Waals surface area (Å²) in [7, 11) is 1.78. The van der Waals surface area contributed by atoms with Gasteiger partial charge in [-0.15, -0.1) is 0 Å². The van der Waals surface area contributed by atoms with Crippen LogP contribution in [0.4, 0.5) is 10.1 Å². The molecule has 4 heteroatoms. The van der Waals surface area contributed by atoms with Gasteiger partial charge in [0.1, 0.15) is 5.82 Å². The number of likely N-dealkylation sites (N-methyl/N-ethyl adjacent to an activating group) is 1. The van der Waals surface area contributed by atoms with Crippen molar-refractivity contribution in [3.05, 3.63) is 29.6 Å². The summed E-state index contributed by atoms with van der Waals surface area (Å²) in [6.07, 6.45) is 0. The fourth-order valence-corrected chi connectivity index (χ4v) is 1.32. The predicted octanol–water partition coefficient (Wildman–Crippen LogP) is 0.746. The summed E-state index contributed by atoms with van der Waals surface area (Å²) < 4.78 is 12.8. The van der Waals surface area contributed by atoms with E-state index >= 15 is 0 Å². The molecule has 14 heavy (non-hydrogen) atoms. The Morgan fingerprint density at radius 1 is 1.36 bits per heavy atom. The molecule has 0 radical (unpaired) electrons. The zero-order chi connectivity index (χ0) is 10.6. The lowest BCUT2D eigenvalue weighted by Gasteiger charge is -2.20. The first-order valence-electron chi connectivity index (χ1n) is 4.40. The summed E-state index contributed by atoms with van der Waals surface area (Å²) in [6, 6.07) is 4.22. The van der Waals surface area contributed by atoms with Crippen molar-refractivity contribution < 1.29 is 14.6 Å². The fourth-order valence-electron chi connectivity index (χ4n) is 1.32. The van der Waals surface area contributed by atoms with E-state index < -0.39 is 0 Å².